The van der Waals surface area contributed by atoms with Crippen molar-refractivity contribution in [1.29, 1.82) is 5.26 Å². The topological polar surface area (TPSA) is 92.7 Å². The summed E-state index contributed by atoms with van der Waals surface area (Å²) in [6.07, 6.45) is 0. The highest BCUT2D eigenvalue weighted by Gasteiger charge is 2.21. The summed E-state index contributed by atoms with van der Waals surface area (Å²) in [5.41, 5.74) is 3.42. The minimum absolute atomic E-state index is 0.0432. The number of fused-ring (bicyclic) bond motifs is 1. The largest absolute Gasteiger partial charge is 0.310 e. The van der Waals surface area contributed by atoms with Gasteiger partial charge >= 0.3 is 0 Å². The maximum Gasteiger partial charge on any atom is 0.261 e. The van der Waals surface area contributed by atoms with Crippen molar-refractivity contribution in [3.8, 4) is 11.8 Å². The van der Waals surface area contributed by atoms with Crippen molar-refractivity contribution in [1.82, 2.24) is 14.1 Å². The van der Waals surface area contributed by atoms with Gasteiger partial charge in [-0.05, 0) is 43.7 Å². The van der Waals surface area contributed by atoms with Gasteiger partial charge in [-0.3, -0.25) is 18.7 Å². The van der Waals surface area contributed by atoms with Gasteiger partial charge in [-0.1, -0.05) is 42.1 Å². The van der Waals surface area contributed by atoms with E-state index in [0.29, 0.717) is 27.4 Å². The van der Waals surface area contributed by atoms with E-state index >= 15 is 0 Å². The number of nitriles is 1. The summed E-state index contributed by atoms with van der Waals surface area (Å²) in [7, 11) is 1.64. The fourth-order valence-electron chi connectivity index (χ4n) is 3.59. The fraction of sp³-hybridized carbons (Fsp3) is 0.167. The molecule has 0 atom stereocenters. The van der Waals surface area contributed by atoms with Gasteiger partial charge in [-0.15, -0.1) is 0 Å². The fourth-order valence-corrected chi connectivity index (χ4v) is 4.36. The molecule has 32 heavy (non-hydrogen) atoms. The Kier molecular flexibility index (Phi) is 5.84. The van der Waals surface area contributed by atoms with Crippen molar-refractivity contribution in [2.45, 2.75) is 19.0 Å². The van der Waals surface area contributed by atoms with Crippen LogP contribution in [0.4, 0.5) is 5.82 Å². The molecule has 0 aliphatic carbocycles. The number of para-hydroxylation sites is 2. The summed E-state index contributed by atoms with van der Waals surface area (Å²) in [6.45, 7) is 3.79. The maximum absolute atomic E-state index is 12.8. The summed E-state index contributed by atoms with van der Waals surface area (Å²) in [5.74, 6) is 0.199. The van der Waals surface area contributed by atoms with Crippen LogP contribution in [0.2, 0.25) is 0 Å². The molecule has 0 aliphatic rings. The lowest BCUT2D eigenvalue weighted by Crippen LogP contribution is -2.22. The zero-order valence-corrected chi connectivity index (χ0v) is 18.7. The monoisotopic (exact) mass is 443 g/mol. The van der Waals surface area contributed by atoms with Gasteiger partial charge in [0.25, 0.3) is 5.56 Å². The Morgan fingerprint density at radius 2 is 1.81 bits per heavy atom. The summed E-state index contributed by atoms with van der Waals surface area (Å²) in [5, 5.41) is 13.6. The van der Waals surface area contributed by atoms with Gasteiger partial charge in [0.1, 0.15) is 11.9 Å². The highest BCUT2D eigenvalue weighted by Crippen LogP contribution is 2.30. The van der Waals surface area contributed by atoms with E-state index in [1.807, 2.05) is 54.8 Å². The molecule has 1 amide bonds. The van der Waals surface area contributed by atoms with Gasteiger partial charge in [0.05, 0.1) is 22.2 Å². The quantitative estimate of drug-likeness (QED) is 0.372. The highest BCUT2D eigenvalue weighted by atomic mass is 32.2. The number of nitrogens with zero attached hydrogens (tertiary/aromatic N) is 4. The first-order valence-corrected chi connectivity index (χ1v) is 11.0. The van der Waals surface area contributed by atoms with Gasteiger partial charge in [0, 0.05) is 18.4 Å². The van der Waals surface area contributed by atoms with E-state index in [2.05, 4.69) is 16.4 Å². The SMILES string of the molecule is Cc1c(C#N)c(NC(=O)CSc2nc3ccccc3c(=O)n2C)n(-c2ccccc2)c1C. The van der Waals surface area contributed by atoms with Gasteiger partial charge in [0.2, 0.25) is 5.91 Å². The van der Waals surface area contributed by atoms with E-state index < -0.39 is 0 Å². The minimum Gasteiger partial charge on any atom is -0.310 e. The molecule has 2 aromatic carbocycles. The van der Waals surface area contributed by atoms with Crippen molar-refractivity contribution in [3.63, 3.8) is 0 Å². The molecule has 160 valence electrons. The van der Waals surface area contributed by atoms with Crippen molar-refractivity contribution in [2.24, 2.45) is 7.05 Å². The number of amides is 1. The van der Waals surface area contributed by atoms with Crippen LogP contribution in [0.5, 0.6) is 0 Å². The molecule has 8 heteroatoms. The van der Waals surface area contributed by atoms with Crippen LogP contribution >= 0.6 is 11.8 Å². The molecule has 7 nitrogen and oxygen atoms in total. The number of carbonyl (C=O) groups excluding carboxylic acids is 1. The molecule has 0 saturated carbocycles. The van der Waals surface area contributed by atoms with Gasteiger partial charge < -0.3 is 5.32 Å². The number of hydrogen-bond donors (Lipinski definition) is 1. The van der Waals surface area contributed by atoms with Gasteiger partial charge in [0.15, 0.2) is 5.16 Å². The van der Waals surface area contributed by atoms with Crippen LogP contribution in [0.1, 0.15) is 16.8 Å². The first-order valence-electron chi connectivity index (χ1n) is 9.98. The van der Waals surface area contributed by atoms with Crippen LogP contribution in [0.3, 0.4) is 0 Å². The lowest BCUT2D eigenvalue weighted by Gasteiger charge is -2.13. The van der Waals surface area contributed by atoms with E-state index in [1.165, 1.54) is 16.3 Å². The molecule has 0 unspecified atom stereocenters. The lowest BCUT2D eigenvalue weighted by atomic mass is 10.2. The van der Waals surface area contributed by atoms with Crippen LogP contribution in [0.15, 0.2) is 64.5 Å². The molecule has 0 aliphatic heterocycles. The second kappa shape index (κ2) is 8.73. The Balaban J connectivity index is 1.62. The smallest absolute Gasteiger partial charge is 0.261 e. The lowest BCUT2D eigenvalue weighted by molar-refractivity contribution is -0.113. The number of aromatic nitrogens is 3. The van der Waals surface area contributed by atoms with Gasteiger partial charge in [-0.25, -0.2) is 4.98 Å². The third kappa shape index (κ3) is 3.79. The average molecular weight is 444 g/mol. The molecule has 0 fully saturated rings. The first-order chi connectivity index (χ1) is 15.4. The summed E-state index contributed by atoms with van der Waals surface area (Å²) in [4.78, 5) is 29.9. The Morgan fingerprint density at radius 1 is 1.12 bits per heavy atom. The molecular formula is C24H21N5O2S. The predicted molar refractivity (Wildman–Crippen MR) is 126 cm³/mol. The Hall–Kier alpha value is -3.83. The second-order valence-corrected chi connectivity index (χ2v) is 8.27. The van der Waals surface area contributed by atoms with E-state index in [0.717, 1.165) is 16.9 Å². The summed E-state index contributed by atoms with van der Waals surface area (Å²) < 4.78 is 3.32. The summed E-state index contributed by atoms with van der Waals surface area (Å²) >= 11 is 1.18. The number of benzene rings is 2. The Bertz CT molecular complexity index is 1430. The van der Waals surface area contributed by atoms with Crippen molar-refractivity contribution >= 4 is 34.4 Å². The average Bonchev–Trinajstić information content (AvgIpc) is 3.04. The number of thioether (sulfide) groups is 1. The Labute approximate surface area is 189 Å². The maximum atomic E-state index is 12.8. The van der Waals surface area contributed by atoms with Gasteiger partial charge in [-0.2, -0.15) is 5.26 Å². The second-order valence-electron chi connectivity index (χ2n) is 7.33. The molecule has 0 bridgehead atoms. The molecule has 0 saturated heterocycles. The van der Waals surface area contributed by atoms with E-state index in [-0.39, 0.29) is 17.2 Å². The number of carbonyl (C=O) groups is 1. The van der Waals surface area contributed by atoms with Crippen molar-refractivity contribution in [2.75, 3.05) is 11.1 Å². The molecule has 4 aromatic rings. The third-order valence-corrected chi connectivity index (χ3v) is 6.40. The first kappa shape index (κ1) is 21.4. The van der Waals surface area contributed by atoms with E-state index in [4.69, 9.17) is 0 Å². The number of hydrogen-bond acceptors (Lipinski definition) is 5. The van der Waals surface area contributed by atoms with E-state index in [1.54, 1.807) is 25.2 Å². The predicted octanol–water partition coefficient (Wildman–Crippen LogP) is 3.94. The molecule has 0 radical (unpaired) electrons. The highest BCUT2D eigenvalue weighted by molar-refractivity contribution is 7.99. The zero-order chi connectivity index (χ0) is 22.8. The van der Waals surface area contributed by atoms with Crippen LogP contribution in [0.25, 0.3) is 16.6 Å². The van der Waals surface area contributed by atoms with Crippen LogP contribution < -0.4 is 10.9 Å². The number of rotatable bonds is 5. The third-order valence-electron chi connectivity index (χ3n) is 5.37. The van der Waals surface area contributed by atoms with Crippen molar-refractivity contribution in [3.05, 3.63) is 81.8 Å². The standard InChI is InChI=1S/C24H21N5O2S/c1-15-16(2)29(17-9-5-4-6-10-17)22(19(15)13-25)27-21(30)14-32-24-26-20-12-8-7-11-18(20)23(31)28(24)3/h4-12H,14H2,1-3H3,(H,27,30). The molecule has 1 N–H and O–H groups in total. The summed E-state index contributed by atoms with van der Waals surface area (Å²) in [6, 6.07) is 18.9. The molecular weight excluding hydrogens is 422 g/mol. The molecule has 4 rings (SSSR count). The van der Waals surface area contributed by atoms with Crippen LogP contribution in [-0.4, -0.2) is 25.8 Å². The zero-order valence-electron chi connectivity index (χ0n) is 17.9. The Morgan fingerprint density at radius 3 is 2.53 bits per heavy atom. The molecule has 2 heterocycles. The van der Waals surface area contributed by atoms with Crippen LogP contribution in [0, 0.1) is 25.2 Å². The van der Waals surface area contributed by atoms with E-state index in [9.17, 15) is 14.9 Å². The number of nitrogens with one attached hydrogen (secondary N) is 1. The molecule has 0 spiro atoms. The molecule has 2 aromatic heterocycles. The van der Waals surface area contributed by atoms with Crippen LogP contribution in [-0.2, 0) is 11.8 Å². The van der Waals surface area contributed by atoms with Crippen molar-refractivity contribution < 1.29 is 4.79 Å². The number of anilines is 1. The normalized spacial score (nSPS) is 10.8. The minimum atomic E-state index is -0.288.